The predicted molar refractivity (Wildman–Crippen MR) is 163 cm³/mol. The first kappa shape index (κ1) is 30.7. The number of rotatable bonds is 11. The van der Waals surface area contributed by atoms with Crippen LogP contribution in [0.5, 0.6) is 17.2 Å². The van der Waals surface area contributed by atoms with Crippen molar-refractivity contribution in [1.82, 2.24) is 4.90 Å². The Morgan fingerprint density at radius 2 is 1.77 bits per heavy atom. The van der Waals surface area contributed by atoms with Crippen molar-refractivity contribution in [3.8, 4) is 17.2 Å². The Kier molecular flexibility index (Phi) is 9.44. The molecule has 2 aliphatic rings. The van der Waals surface area contributed by atoms with Gasteiger partial charge < -0.3 is 29.7 Å². The quantitative estimate of drug-likeness (QED) is 0.267. The summed E-state index contributed by atoms with van der Waals surface area (Å²) in [5.41, 5.74) is 5.11. The van der Waals surface area contributed by atoms with Gasteiger partial charge in [-0.3, -0.25) is 14.5 Å². The molecule has 1 fully saturated rings. The molecule has 0 saturated carbocycles. The second kappa shape index (κ2) is 13.2. The van der Waals surface area contributed by atoms with Gasteiger partial charge in [-0.25, -0.2) is 0 Å². The first-order valence-electron chi connectivity index (χ1n) is 14.6. The molecule has 0 bridgehead atoms. The highest BCUT2D eigenvalue weighted by molar-refractivity contribution is 6.30. The molecular formula is C33H37ClN2O7. The topological polar surface area (TPSA) is 118 Å². The van der Waals surface area contributed by atoms with E-state index in [0.29, 0.717) is 41.7 Å². The van der Waals surface area contributed by atoms with Gasteiger partial charge >= 0.3 is 5.97 Å². The molecule has 43 heavy (non-hydrogen) atoms. The lowest BCUT2D eigenvalue weighted by atomic mass is 9.81. The number of aryl methyl sites for hydroxylation is 2. The summed E-state index contributed by atoms with van der Waals surface area (Å²) in [5, 5.41) is 23.5. The molecule has 0 aromatic heterocycles. The average molecular weight is 609 g/mol. The number of aliphatic hydroxyl groups is 1. The highest BCUT2D eigenvalue weighted by Crippen LogP contribution is 2.49. The van der Waals surface area contributed by atoms with Gasteiger partial charge in [-0.2, -0.15) is 0 Å². The standard InChI is InChI=1S/C33H37ClN2O7/c1-4-20-14-23(34)15-21(5-2)30(20)35-28(38)17-36-16-26(25-10-11-27-32(19(25)3)43-18-42-27)29(33(39)40)31(36)22-6-8-24(9-7-22)41-13-12-37/h6-11,14-15,26,29,31,37H,4-5,12-13,16-18H2,1-3H3,(H,35,38)(H,39,40)/t26-,29?,31+/m1/s1. The molecule has 2 heterocycles. The van der Waals surface area contributed by atoms with E-state index in [1.165, 1.54) is 0 Å². The number of halogens is 1. The highest BCUT2D eigenvalue weighted by Gasteiger charge is 2.48. The van der Waals surface area contributed by atoms with Crippen LogP contribution in [0, 0.1) is 12.8 Å². The minimum absolute atomic E-state index is 0.00769. The molecule has 0 aliphatic carbocycles. The molecule has 1 saturated heterocycles. The zero-order valence-corrected chi connectivity index (χ0v) is 25.3. The number of amides is 1. The Labute approximate surface area is 256 Å². The van der Waals surface area contributed by atoms with Crippen LogP contribution in [0.4, 0.5) is 5.69 Å². The van der Waals surface area contributed by atoms with Crippen molar-refractivity contribution in [2.45, 2.75) is 45.6 Å². The Morgan fingerprint density at radius 1 is 1.07 bits per heavy atom. The number of fused-ring (bicyclic) bond motifs is 1. The molecule has 3 aromatic carbocycles. The van der Waals surface area contributed by atoms with Crippen LogP contribution in [0.3, 0.4) is 0 Å². The van der Waals surface area contributed by atoms with Crippen molar-refractivity contribution in [3.63, 3.8) is 0 Å². The number of carbonyl (C=O) groups is 2. The van der Waals surface area contributed by atoms with E-state index < -0.39 is 23.8 Å². The second-order valence-electron chi connectivity index (χ2n) is 10.9. The molecule has 5 rings (SSSR count). The van der Waals surface area contributed by atoms with E-state index in [-0.39, 0.29) is 32.5 Å². The maximum Gasteiger partial charge on any atom is 0.309 e. The number of benzene rings is 3. The van der Waals surface area contributed by atoms with Gasteiger partial charge in [0, 0.05) is 29.2 Å². The van der Waals surface area contributed by atoms with E-state index in [4.69, 9.17) is 30.9 Å². The molecule has 0 radical (unpaired) electrons. The van der Waals surface area contributed by atoms with Crippen LogP contribution in [-0.4, -0.2) is 60.1 Å². The van der Waals surface area contributed by atoms with Gasteiger partial charge in [-0.05, 0) is 77.9 Å². The monoisotopic (exact) mass is 608 g/mol. The van der Waals surface area contributed by atoms with Crippen molar-refractivity contribution in [2.24, 2.45) is 5.92 Å². The maximum atomic E-state index is 13.7. The number of aliphatic carboxylic acids is 1. The summed E-state index contributed by atoms with van der Waals surface area (Å²) in [7, 11) is 0. The largest absolute Gasteiger partial charge is 0.491 e. The summed E-state index contributed by atoms with van der Waals surface area (Å²) in [5.74, 6) is -0.605. The number of nitrogens with zero attached hydrogens (tertiary/aromatic N) is 1. The molecular weight excluding hydrogens is 572 g/mol. The SMILES string of the molecule is CCc1cc(Cl)cc(CC)c1NC(=O)CN1C[C@H](c2ccc3c(c2C)OCO3)C(C(=O)O)[C@@H]1c1ccc(OCCO)cc1. The minimum atomic E-state index is -0.949. The summed E-state index contributed by atoms with van der Waals surface area (Å²) in [6, 6.07) is 14.1. The van der Waals surface area contributed by atoms with E-state index in [0.717, 1.165) is 33.5 Å². The van der Waals surface area contributed by atoms with Crippen molar-refractivity contribution in [2.75, 3.05) is 38.4 Å². The van der Waals surface area contributed by atoms with Gasteiger partial charge in [0.25, 0.3) is 0 Å². The molecule has 3 aromatic rings. The average Bonchev–Trinajstić information content (AvgIpc) is 3.63. The van der Waals surface area contributed by atoms with Crippen molar-refractivity contribution >= 4 is 29.2 Å². The third-order valence-electron chi connectivity index (χ3n) is 8.33. The number of anilines is 1. The van der Waals surface area contributed by atoms with E-state index in [1.54, 1.807) is 12.1 Å². The molecule has 0 spiro atoms. The minimum Gasteiger partial charge on any atom is -0.491 e. The number of aliphatic hydroxyl groups excluding tert-OH is 1. The van der Waals surface area contributed by atoms with Crippen LogP contribution in [0.2, 0.25) is 5.02 Å². The number of carbonyl (C=O) groups excluding carboxylic acids is 1. The second-order valence-corrected chi connectivity index (χ2v) is 11.3. The number of ether oxygens (including phenoxy) is 3. The van der Waals surface area contributed by atoms with Gasteiger partial charge in [-0.15, -0.1) is 0 Å². The zero-order valence-electron chi connectivity index (χ0n) is 24.6. The van der Waals surface area contributed by atoms with Crippen molar-refractivity contribution in [1.29, 1.82) is 0 Å². The Bertz CT molecular complexity index is 1470. The van der Waals surface area contributed by atoms with E-state index in [9.17, 15) is 14.7 Å². The predicted octanol–water partition coefficient (Wildman–Crippen LogP) is 5.35. The number of hydrogen-bond acceptors (Lipinski definition) is 7. The number of hydrogen-bond donors (Lipinski definition) is 3. The molecule has 9 nitrogen and oxygen atoms in total. The summed E-state index contributed by atoms with van der Waals surface area (Å²) in [6.07, 6.45) is 1.40. The lowest BCUT2D eigenvalue weighted by Crippen LogP contribution is -2.35. The lowest BCUT2D eigenvalue weighted by molar-refractivity contribution is -0.143. The van der Waals surface area contributed by atoms with Crippen LogP contribution in [0.1, 0.15) is 53.6 Å². The van der Waals surface area contributed by atoms with Gasteiger partial charge in [-0.1, -0.05) is 43.6 Å². The van der Waals surface area contributed by atoms with E-state index >= 15 is 0 Å². The Balaban J connectivity index is 1.50. The molecule has 2 aliphatic heterocycles. The van der Waals surface area contributed by atoms with Gasteiger partial charge in [0.1, 0.15) is 12.4 Å². The Hall–Kier alpha value is -3.79. The van der Waals surface area contributed by atoms with Crippen LogP contribution < -0.4 is 19.5 Å². The first-order valence-corrected chi connectivity index (χ1v) is 14.9. The number of carboxylic acids is 1. The normalized spacial score (nSPS) is 19.4. The fraction of sp³-hybridized carbons (Fsp3) is 0.394. The summed E-state index contributed by atoms with van der Waals surface area (Å²) in [4.78, 5) is 28.6. The van der Waals surface area contributed by atoms with Crippen LogP contribution in [0.15, 0.2) is 48.5 Å². The molecule has 3 N–H and O–H groups in total. The van der Waals surface area contributed by atoms with Gasteiger partial charge in [0.05, 0.1) is 19.1 Å². The molecule has 228 valence electrons. The molecule has 10 heteroatoms. The zero-order chi connectivity index (χ0) is 30.7. The fourth-order valence-electron chi connectivity index (χ4n) is 6.37. The number of likely N-dealkylation sites (tertiary alicyclic amines) is 1. The van der Waals surface area contributed by atoms with E-state index in [1.807, 2.05) is 62.1 Å². The lowest BCUT2D eigenvalue weighted by Gasteiger charge is -2.27. The number of carboxylic acid groups (broad SMARTS) is 1. The fourth-order valence-corrected chi connectivity index (χ4v) is 6.63. The first-order chi connectivity index (χ1) is 20.7. The molecule has 3 atom stereocenters. The van der Waals surface area contributed by atoms with Crippen LogP contribution >= 0.6 is 11.6 Å². The molecule has 1 unspecified atom stereocenters. The van der Waals surface area contributed by atoms with E-state index in [2.05, 4.69) is 5.32 Å². The van der Waals surface area contributed by atoms with Crippen molar-refractivity contribution in [3.05, 3.63) is 81.4 Å². The number of nitrogens with one attached hydrogen (secondary N) is 1. The maximum absolute atomic E-state index is 13.7. The Morgan fingerprint density at radius 3 is 2.40 bits per heavy atom. The smallest absolute Gasteiger partial charge is 0.309 e. The third-order valence-corrected chi connectivity index (χ3v) is 8.55. The van der Waals surface area contributed by atoms with Gasteiger partial charge in [0.15, 0.2) is 11.5 Å². The highest BCUT2D eigenvalue weighted by atomic mass is 35.5. The van der Waals surface area contributed by atoms with Crippen molar-refractivity contribution < 1.29 is 34.0 Å². The summed E-state index contributed by atoms with van der Waals surface area (Å²) in [6.45, 7) is 6.45. The van der Waals surface area contributed by atoms with Crippen LogP contribution in [0.25, 0.3) is 0 Å². The summed E-state index contributed by atoms with van der Waals surface area (Å²) < 4.78 is 16.8. The third kappa shape index (κ3) is 6.30. The van der Waals surface area contributed by atoms with Gasteiger partial charge in [0.2, 0.25) is 12.7 Å². The van der Waals surface area contributed by atoms with Crippen LogP contribution in [-0.2, 0) is 22.4 Å². The molecule has 1 amide bonds. The summed E-state index contributed by atoms with van der Waals surface area (Å²) >= 11 is 6.33.